The lowest BCUT2D eigenvalue weighted by atomic mass is 9.88. The first-order valence-electron chi connectivity index (χ1n) is 11.7. The fraction of sp³-hybridized carbons (Fsp3) is 0.458. The van der Waals surface area contributed by atoms with E-state index in [0.717, 1.165) is 23.6 Å². The zero-order chi connectivity index (χ0) is 26.4. The van der Waals surface area contributed by atoms with Crippen LogP contribution < -0.4 is 10.7 Å². The summed E-state index contributed by atoms with van der Waals surface area (Å²) in [6.07, 6.45) is -2.61. The van der Waals surface area contributed by atoms with Gasteiger partial charge in [-0.25, -0.2) is 8.78 Å². The van der Waals surface area contributed by atoms with E-state index in [1.807, 2.05) is 0 Å². The van der Waals surface area contributed by atoms with Crippen LogP contribution in [0.5, 0.6) is 5.75 Å². The number of carbonyl (C=O) groups excluding carboxylic acids is 2. The average molecular weight is 525 g/mol. The van der Waals surface area contributed by atoms with Crippen LogP contribution in [0.15, 0.2) is 29.2 Å². The molecule has 2 aromatic rings. The van der Waals surface area contributed by atoms with Crippen molar-refractivity contribution in [3.63, 3.8) is 0 Å². The van der Waals surface area contributed by atoms with Crippen LogP contribution in [-0.2, 0) is 11.3 Å². The van der Waals surface area contributed by atoms with E-state index in [2.05, 4.69) is 0 Å². The zero-order valence-electron chi connectivity index (χ0n) is 19.0. The van der Waals surface area contributed by atoms with E-state index in [9.17, 15) is 41.4 Å². The third-order valence-electron chi connectivity index (χ3n) is 7.73. The zero-order valence-corrected chi connectivity index (χ0v) is 19.0. The lowest BCUT2D eigenvalue weighted by Crippen LogP contribution is -2.61. The number of pyridine rings is 1. The second-order valence-corrected chi connectivity index (χ2v) is 9.96. The highest BCUT2D eigenvalue weighted by Gasteiger charge is 2.57. The topological polar surface area (TPSA) is 101 Å². The van der Waals surface area contributed by atoms with Gasteiger partial charge in [-0.1, -0.05) is 6.07 Å². The predicted molar refractivity (Wildman–Crippen MR) is 114 cm³/mol. The molecule has 2 aliphatic carbocycles. The van der Waals surface area contributed by atoms with E-state index in [4.69, 9.17) is 4.74 Å². The van der Waals surface area contributed by atoms with Gasteiger partial charge in [-0.05, 0) is 37.2 Å². The first kappa shape index (κ1) is 23.9. The number of alkyl halides is 3. The molecule has 0 spiro atoms. The smallest absolute Gasteiger partial charge is 0.412 e. The lowest BCUT2D eigenvalue weighted by molar-refractivity contribution is -0.172. The molecule has 13 heteroatoms. The summed E-state index contributed by atoms with van der Waals surface area (Å²) in [6, 6.07) is -1.63. The van der Waals surface area contributed by atoms with Crippen molar-refractivity contribution in [2.24, 2.45) is 11.8 Å². The summed E-state index contributed by atoms with van der Waals surface area (Å²) in [5.41, 5.74) is -3.66. The first-order chi connectivity index (χ1) is 17.4. The summed E-state index contributed by atoms with van der Waals surface area (Å²) in [7, 11) is 0. The van der Waals surface area contributed by atoms with Crippen LogP contribution in [0.25, 0.3) is 0 Å². The van der Waals surface area contributed by atoms with E-state index in [0.29, 0.717) is 30.4 Å². The van der Waals surface area contributed by atoms with Gasteiger partial charge in [0, 0.05) is 23.9 Å². The molecule has 1 aromatic carbocycles. The van der Waals surface area contributed by atoms with Crippen LogP contribution in [-0.4, -0.2) is 50.9 Å². The molecule has 2 N–H and O–H groups in total. The Morgan fingerprint density at radius 2 is 1.92 bits per heavy atom. The van der Waals surface area contributed by atoms with Gasteiger partial charge in [0.15, 0.2) is 23.7 Å². The largest absolute Gasteiger partial charge is 0.503 e. The Bertz CT molecular complexity index is 1390. The third kappa shape index (κ3) is 3.78. The number of fused-ring (bicyclic) bond motifs is 7. The number of halogens is 5. The molecule has 3 fully saturated rings. The van der Waals surface area contributed by atoms with Crippen molar-refractivity contribution in [2.75, 3.05) is 0 Å². The fourth-order valence-corrected chi connectivity index (χ4v) is 5.99. The number of carbonyl (C=O) groups is 2. The standard InChI is InChI=1S/C24H20F5N3O5/c25-10-1-2-12(15(26)5-10)21(24(27,28)29)30-22(35)14-7-31-8-17-32(23(36)18(31)20(34)19(14)33)16-6-11(37-17)3-9-4-13(9)16/h1-2,5,7,9,11,13,16-17,21,34H,3-4,6,8H2,(H,30,35)/t9-,11?,13+,16?,17+,21+/m1/s1. The van der Waals surface area contributed by atoms with Gasteiger partial charge in [-0.2, -0.15) is 13.2 Å². The highest BCUT2D eigenvalue weighted by Crippen LogP contribution is 2.55. The van der Waals surface area contributed by atoms with Gasteiger partial charge in [-0.3, -0.25) is 14.4 Å². The number of nitrogens with zero attached hydrogens (tertiary/aromatic N) is 2. The van der Waals surface area contributed by atoms with Crippen molar-refractivity contribution in [3.05, 3.63) is 63.1 Å². The summed E-state index contributed by atoms with van der Waals surface area (Å²) in [6.45, 7) is -0.0468. The number of nitrogens with one attached hydrogen (secondary N) is 1. The molecule has 2 saturated carbocycles. The second kappa shape index (κ2) is 8.01. The SMILES string of the molecule is O=C(N[C@@H](c1ccc(F)cc1F)C(F)(F)F)c1cn2c(c(O)c1=O)C(=O)N1C3CC(C[C@@H]4C[C@H]34)O[C@H]1C2. The highest BCUT2D eigenvalue weighted by molar-refractivity contribution is 5.99. The normalized spacial score (nSPS) is 28.6. The van der Waals surface area contributed by atoms with Crippen molar-refractivity contribution in [1.29, 1.82) is 0 Å². The second-order valence-electron chi connectivity index (χ2n) is 9.96. The molecule has 0 radical (unpaired) electrons. The molecule has 4 aliphatic rings. The Balaban J connectivity index is 1.34. The Labute approximate surface area is 205 Å². The van der Waals surface area contributed by atoms with Crippen LogP contribution in [0.2, 0.25) is 0 Å². The number of ether oxygens (including phenoxy) is 1. The molecule has 8 nitrogen and oxygen atoms in total. The van der Waals surface area contributed by atoms with Gasteiger partial charge in [0.2, 0.25) is 5.43 Å². The quantitative estimate of drug-likeness (QED) is 0.601. The number of aromatic nitrogens is 1. The maximum absolute atomic E-state index is 14.1. The molecular weight excluding hydrogens is 505 g/mol. The fourth-order valence-electron chi connectivity index (χ4n) is 5.99. The molecule has 2 aliphatic heterocycles. The number of rotatable bonds is 3. The Morgan fingerprint density at radius 1 is 1.16 bits per heavy atom. The molecule has 1 saturated heterocycles. The first-order valence-corrected chi connectivity index (χ1v) is 11.7. The summed E-state index contributed by atoms with van der Waals surface area (Å²) in [5.74, 6) is -5.16. The molecule has 3 heterocycles. The number of hydrogen-bond donors (Lipinski definition) is 2. The Morgan fingerprint density at radius 3 is 2.62 bits per heavy atom. The Kier molecular flexibility index (Phi) is 5.17. The van der Waals surface area contributed by atoms with Gasteiger partial charge < -0.3 is 24.6 Å². The minimum absolute atomic E-state index is 0.0468. The van der Waals surface area contributed by atoms with Crippen LogP contribution in [0.1, 0.15) is 51.7 Å². The minimum atomic E-state index is -5.20. The van der Waals surface area contributed by atoms with Crippen molar-refractivity contribution >= 4 is 11.8 Å². The molecule has 196 valence electrons. The van der Waals surface area contributed by atoms with E-state index in [1.165, 1.54) is 4.90 Å². The van der Waals surface area contributed by atoms with Crippen LogP contribution in [0.4, 0.5) is 22.0 Å². The van der Waals surface area contributed by atoms with E-state index < -0.39 is 64.2 Å². The third-order valence-corrected chi connectivity index (χ3v) is 7.73. The number of aromatic hydroxyl groups is 1. The number of benzene rings is 1. The predicted octanol–water partition coefficient (Wildman–Crippen LogP) is 2.84. The summed E-state index contributed by atoms with van der Waals surface area (Å²) >= 11 is 0. The van der Waals surface area contributed by atoms with Crippen molar-refractivity contribution in [1.82, 2.24) is 14.8 Å². The van der Waals surface area contributed by atoms with E-state index in [-0.39, 0.29) is 30.5 Å². The maximum atomic E-state index is 14.1. The van der Waals surface area contributed by atoms with Gasteiger partial charge in [-0.15, -0.1) is 0 Å². The molecule has 1 aromatic heterocycles. The highest BCUT2D eigenvalue weighted by atomic mass is 19.4. The average Bonchev–Trinajstić information content (AvgIpc) is 3.58. The minimum Gasteiger partial charge on any atom is -0.503 e. The molecule has 2 unspecified atom stereocenters. The Hall–Kier alpha value is -3.48. The van der Waals surface area contributed by atoms with Crippen LogP contribution in [0, 0.1) is 23.5 Å². The van der Waals surface area contributed by atoms with Gasteiger partial charge in [0.1, 0.15) is 17.2 Å². The lowest BCUT2D eigenvalue weighted by Gasteiger charge is -2.50. The van der Waals surface area contributed by atoms with Crippen LogP contribution in [0.3, 0.4) is 0 Å². The molecule has 6 atom stereocenters. The van der Waals surface area contributed by atoms with E-state index >= 15 is 0 Å². The molecule has 6 rings (SSSR count). The van der Waals surface area contributed by atoms with Gasteiger partial charge in [0.05, 0.1) is 12.6 Å². The maximum Gasteiger partial charge on any atom is 0.412 e. The number of hydrogen-bond acceptors (Lipinski definition) is 5. The summed E-state index contributed by atoms with van der Waals surface area (Å²) in [5, 5.41) is 12.2. The van der Waals surface area contributed by atoms with Crippen molar-refractivity contribution in [2.45, 2.75) is 56.4 Å². The van der Waals surface area contributed by atoms with E-state index in [1.54, 1.807) is 5.32 Å². The molecule has 2 bridgehead atoms. The molecular formula is C24H20F5N3O5. The van der Waals surface area contributed by atoms with Crippen molar-refractivity contribution < 1.29 is 41.4 Å². The van der Waals surface area contributed by atoms with Gasteiger partial charge >= 0.3 is 6.18 Å². The van der Waals surface area contributed by atoms with Gasteiger partial charge in [0.25, 0.3) is 11.8 Å². The monoisotopic (exact) mass is 525 g/mol. The molecule has 2 amide bonds. The van der Waals surface area contributed by atoms with Crippen molar-refractivity contribution in [3.8, 4) is 5.75 Å². The summed E-state index contributed by atoms with van der Waals surface area (Å²) < 4.78 is 75.7. The number of amides is 2. The van der Waals surface area contributed by atoms with Crippen LogP contribution >= 0.6 is 0 Å². The summed E-state index contributed by atoms with van der Waals surface area (Å²) in [4.78, 5) is 40.5. The molecule has 37 heavy (non-hydrogen) atoms.